The van der Waals surface area contributed by atoms with Gasteiger partial charge in [-0.25, -0.2) is 0 Å². The molecule has 5 rings (SSSR count). The van der Waals surface area contributed by atoms with Gasteiger partial charge >= 0.3 is 0 Å². The zero-order chi connectivity index (χ0) is 19.1. The van der Waals surface area contributed by atoms with Crippen LogP contribution in [0.5, 0.6) is 11.5 Å². The number of hydrogen-bond donors (Lipinski definition) is 0. The third-order valence-corrected chi connectivity index (χ3v) is 6.50. The molecule has 2 heterocycles. The smallest absolute Gasteiger partial charge is 0.279 e. The highest BCUT2D eigenvalue weighted by atomic mass is 32.1. The number of hydrogen-bond acceptors (Lipinski definition) is 4. The summed E-state index contributed by atoms with van der Waals surface area (Å²) in [5.41, 5.74) is 4.37. The van der Waals surface area contributed by atoms with E-state index < -0.39 is 0 Å². The Balaban J connectivity index is 1.58. The van der Waals surface area contributed by atoms with Gasteiger partial charge in [-0.3, -0.25) is 4.79 Å². The van der Waals surface area contributed by atoms with Crippen molar-refractivity contribution in [3.8, 4) is 11.5 Å². The summed E-state index contributed by atoms with van der Waals surface area (Å²) in [6, 6.07) is 10.0. The van der Waals surface area contributed by atoms with Crippen molar-refractivity contribution in [3.63, 3.8) is 0 Å². The highest BCUT2D eigenvalue weighted by molar-refractivity contribution is 7.16. The van der Waals surface area contributed by atoms with E-state index in [9.17, 15) is 4.79 Å². The molecule has 1 aliphatic heterocycles. The Morgan fingerprint density at radius 3 is 2.61 bits per heavy atom. The molecule has 0 unspecified atom stereocenters. The van der Waals surface area contributed by atoms with Crippen LogP contribution in [0.3, 0.4) is 0 Å². The molecule has 0 fully saturated rings. The fourth-order valence-electron chi connectivity index (χ4n) is 4.02. The highest BCUT2D eigenvalue weighted by Crippen LogP contribution is 2.35. The minimum atomic E-state index is -0.181. The van der Waals surface area contributed by atoms with Crippen LogP contribution in [0.1, 0.15) is 41.3 Å². The molecule has 2 aromatic carbocycles. The molecule has 2 aliphatic rings. The summed E-state index contributed by atoms with van der Waals surface area (Å²) in [5, 5.41) is 0. The molecule has 144 valence electrons. The molecule has 0 saturated carbocycles. The maximum atomic E-state index is 12.9. The minimum absolute atomic E-state index is 0.181. The van der Waals surface area contributed by atoms with E-state index in [1.807, 2.05) is 24.3 Å². The normalized spacial score (nSPS) is 16.2. The third kappa shape index (κ3) is 3.02. The number of benzene rings is 2. The van der Waals surface area contributed by atoms with Crippen LogP contribution in [0.2, 0.25) is 0 Å². The number of nitrogens with zero attached hydrogens (tertiary/aromatic N) is 2. The van der Waals surface area contributed by atoms with Crippen molar-refractivity contribution >= 4 is 27.5 Å². The Bertz CT molecular complexity index is 1140. The van der Waals surface area contributed by atoms with Crippen molar-refractivity contribution in [2.45, 2.75) is 39.2 Å². The van der Waals surface area contributed by atoms with Crippen LogP contribution in [0, 0.1) is 0 Å². The van der Waals surface area contributed by atoms with Gasteiger partial charge in [-0.05, 0) is 55.9 Å². The van der Waals surface area contributed by atoms with E-state index >= 15 is 0 Å². The van der Waals surface area contributed by atoms with Crippen LogP contribution in [-0.4, -0.2) is 23.7 Å². The fourth-order valence-corrected chi connectivity index (χ4v) is 5.12. The fraction of sp³-hybridized carbons (Fsp3) is 0.364. The summed E-state index contributed by atoms with van der Waals surface area (Å²) in [6.45, 7) is 3.91. The first-order valence-corrected chi connectivity index (χ1v) is 10.7. The molecule has 0 spiro atoms. The maximum absolute atomic E-state index is 12.9. The molecule has 5 nitrogen and oxygen atoms in total. The van der Waals surface area contributed by atoms with Gasteiger partial charge in [-0.15, -0.1) is 0 Å². The first-order chi connectivity index (χ1) is 13.7. The Kier molecular flexibility index (Phi) is 4.43. The van der Waals surface area contributed by atoms with Crippen molar-refractivity contribution in [2.24, 2.45) is 4.99 Å². The first kappa shape index (κ1) is 17.5. The van der Waals surface area contributed by atoms with Crippen molar-refractivity contribution in [2.75, 3.05) is 13.2 Å². The van der Waals surface area contributed by atoms with Gasteiger partial charge in [0.05, 0.1) is 10.2 Å². The standard InChI is InChI=1S/C22H22N2O3S/c1-2-24-17-12-18-19(27-10-9-26-18)13-20(17)28-22(24)23-21(25)16-8-7-14-5-3-4-6-15(14)11-16/h7-8,11-13H,2-6,9-10H2,1H3. The summed E-state index contributed by atoms with van der Waals surface area (Å²) in [6.07, 6.45) is 4.60. The van der Waals surface area contributed by atoms with Gasteiger partial charge in [-0.2, -0.15) is 4.99 Å². The molecule has 0 atom stereocenters. The number of carbonyl (C=O) groups is 1. The van der Waals surface area contributed by atoms with E-state index in [0.717, 1.165) is 41.1 Å². The van der Waals surface area contributed by atoms with Crippen LogP contribution in [-0.2, 0) is 19.4 Å². The summed E-state index contributed by atoms with van der Waals surface area (Å²) in [7, 11) is 0. The highest BCUT2D eigenvalue weighted by Gasteiger charge is 2.17. The third-order valence-electron chi connectivity index (χ3n) is 5.46. The molecule has 6 heteroatoms. The van der Waals surface area contributed by atoms with E-state index in [0.29, 0.717) is 23.6 Å². The molecule has 0 N–H and O–H groups in total. The monoisotopic (exact) mass is 394 g/mol. The average molecular weight is 394 g/mol. The van der Waals surface area contributed by atoms with E-state index in [1.165, 1.54) is 35.3 Å². The van der Waals surface area contributed by atoms with Crippen molar-refractivity contribution < 1.29 is 14.3 Å². The topological polar surface area (TPSA) is 52.8 Å². The number of aryl methyl sites for hydroxylation is 3. The summed E-state index contributed by atoms with van der Waals surface area (Å²) < 4.78 is 14.5. The first-order valence-electron chi connectivity index (χ1n) is 9.87. The average Bonchev–Trinajstić information content (AvgIpc) is 3.07. The summed E-state index contributed by atoms with van der Waals surface area (Å²) in [4.78, 5) is 18.1. The number of rotatable bonds is 2. The van der Waals surface area contributed by atoms with E-state index in [1.54, 1.807) is 0 Å². The maximum Gasteiger partial charge on any atom is 0.279 e. The van der Waals surface area contributed by atoms with Crippen LogP contribution in [0.15, 0.2) is 35.3 Å². The zero-order valence-corrected chi connectivity index (χ0v) is 16.7. The molecule has 1 aromatic heterocycles. The molecule has 28 heavy (non-hydrogen) atoms. The lowest BCUT2D eigenvalue weighted by Gasteiger charge is -2.18. The van der Waals surface area contributed by atoms with E-state index in [4.69, 9.17) is 9.47 Å². The second kappa shape index (κ2) is 7.09. The molecule has 1 aliphatic carbocycles. The predicted molar refractivity (Wildman–Crippen MR) is 109 cm³/mol. The van der Waals surface area contributed by atoms with Gasteiger partial charge < -0.3 is 14.0 Å². The molecular weight excluding hydrogens is 372 g/mol. The zero-order valence-electron chi connectivity index (χ0n) is 15.9. The van der Waals surface area contributed by atoms with Gasteiger partial charge in [-0.1, -0.05) is 17.4 Å². The van der Waals surface area contributed by atoms with Gasteiger partial charge in [0.25, 0.3) is 5.91 Å². The van der Waals surface area contributed by atoms with Crippen LogP contribution in [0.4, 0.5) is 0 Å². The predicted octanol–water partition coefficient (Wildman–Crippen LogP) is 4.11. The number of thiazole rings is 1. The van der Waals surface area contributed by atoms with Crippen molar-refractivity contribution in [1.82, 2.24) is 4.57 Å². The van der Waals surface area contributed by atoms with Crippen molar-refractivity contribution in [3.05, 3.63) is 51.8 Å². The Morgan fingerprint density at radius 1 is 1.07 bits per heavy atom. The lowest BCUT2D eigenvalue weighted by Crippen LogP contribution is -2.17. The van der Waals surface area contributed by atoms with Gasteiger partial charge in [0.15, 0.2) is 16.3 Å². The van der Waals surface area contributed by atoms with Crippen LogP contribution < -0.4 is 14.3 Å². The Labute approximate surface area is 167 Å². The number of amides is 1. The molecule has 0 radical (unpaired) electrons. The van der Waals surface area contributed by atoms with Crippen LogP contribution >= 0.6 is 11.3 Å². The summed E-state index contributed by atoms with van der Waals surface area (Å²) >= 11 is 1.51. The number of carbonyl (C=O) groups excluding carboxylic acids is 1. The lowest BCUT2D eigenvalue weighted by molar-refractivity contribution is 0.0997. The molecule has 3 aromatic rings. The number of fused-ring (bicyclic) bond motifs is 3. The molecule has 1 amide bonds. The Morgan fingerprint density at radius 2 is 1.82 bits per heavy atom. The van der Waals surface area contributed by atoms with E-state index in [2.05, 4.69) is 22.5 Å². The minimum Gasteiger partial charge on any atom is -0.486 e. The lowest BCUT2D eigenvalue weighted by atomic mass is 9.90. The second-order valence-corrected chi connectivity index (χ2v) is 8.21. The van der Waals surface area contributed by atoms with Crippen molar-refractivity contribution in [1.29, 1.82) is 0 Å². The SMILES string of the molecule is CCn1c(=NC(=O)c2ccc3c(c2)CCCC3)sc2cc3c(cc21)OCCO3. The summed E-state index contributed by atoms with van der Waals surface area (Å²) in [5.74, 6) is 1.33. The second-order valence-electron chi connectivity index (χ2n) is 7.20. The van der Waals surface area contributed by atoms with E-state index in [-0.39, 0.29) is 5.91 Å². The Hall–Kier alpha value is -2.60. The van der Waals surface area contributed by atoms with Crippen LogP contribution in [0.25, 0.3) is 10.2 Å². The molecule has 0 saturated heterocycles. The largest absolute Gasteiger partial charge is 0.486 e. The van der Waals surface area contributed by atoms with Gasteiger partial charge in [0.2, 0.25) is 0 Å². The number of ether oxygens (including phenoxy) is 2. The molecular formula is C22H22N2O3S. The number of aromatic nitrogens is 1. The quantitative estimate of drug-likeness (QED) is 0.657. The van der Waals surface area contributed by atoms with Gasteiger partial charge in [0.1, 0.15) is 13.2 Å². The van der Waals surface area contributed by atoms with Gasteiger partial charge in [0, 0.05) is 24.2 Å². The molecule has 0 bridgehead atoms.